The number of aliphatic hydroxyl groups is 1. The van der Waals surface area contributed by atoms with Crippen molar-refractivity contribution in [3.8, 4) is 0 Å². The van der Waals surface area contributed by atoms with Crippen molar-refractivity contribution in [3.63, 3.8) is 0 Å². The molecule has 2 heterocycles. The van der Waals surface area contributed by atoms with Gasteiger partial charge in [0, 0.05) is 28.7 Å². The Labute approximate surface area is 172 Å². The van der Waals surface area contributed by atoms with Crippen LogP contribution in [0.15, 0.2) is 78.6 Å². The maximum Gasteiger partial charge on any atom is 0.300 e. The Morgan fingerprint density at radius 3 is 2.55 bits per heavy atom. The first-order valence-electron chi connectivity index (χ1n) is 9.01. The Morgan fingerprint density at radius 2 is 1.86 bits per heavy atom. The van der Waals surface area contributed by atoms with E-state index in [4.69, 9.17) is 11.6 Å². The van der Waals surface area contributed by atoms with E-state index >= 15 is 0 Å². The third-order valence-electron chi connectivity index (χ3n) is 4.92. The van der Waals surface area contributed by atoms with Crippen LogP contribution < -0.4 is 4.90 Å². The van der Waals surface area contributed by atoms with Crippen molar-refractivity contribution in [1.29, 1.82) is 0 Å². The van der Waals surface area contributed by atoms with Crippen molar-refractivity contribution < 1.29 is 14.7 Å². The summed E-state index contributed by atoms with van der Waals surface area (Å²) in [6.45, 7) is 1.87. The third-order valence-corrected chi connectivity index (χ3v) is 5.15. The van der Waals surface area contributed by atoms with E-state index in [9.17, 15) is 14.7 Å². The van der Waals surface area contributed by atoms with E-state index < -0.39 is 17.7 Å². The van der Waals surface area contributed by atoms with Crippen LogP contribution in [-0.2, 0) is 9.59 Å². The molecule has 1 fully saturated rings. The first kappa shape index (κ1) is 18.9. The number of carbonyl (C=O) groups excluding carboxylic acids is 2. The van der Waals surface area contributed by atoms with Crippen molar-refractivity contribution in [2.45, 2.75) is 13.0 Å². The molecule has 0 aliphatic carbocycles. The molecule has 0 saturated carbocycles. The van der Waals surface area contributed by atoms with Crippen molar-refractivity contribution in [1.82, 2.24) is 4.98 Å². The topological polar surface area (TPSA) is 70.5 Å². The van der Waals surface area contributed by atoms with Crippen LogP contribution in [0, 0.1) is 6.92 Å². The number of carbonyl (C=O) groups is 2. The van der Waals surface area contributed by atoms with Crippen LogP contribution in [0.3, 0.4) is 0 Å². The predicted molar refractivity (Wildman–Crippen MR) is 112 cm³/mol. The number of nitrogens with zero attached hydrogens (tertiary/aromatic N) is 2. The standard InChI is InChI=1S/C23H17ClN2O3/c1-14-6-2-3-10-18(14)26-20(16-8-5-11-25-13-16)19(22(28)23(26)29)21(27)15-7-4-9-17(24)12-15/h2-13,20,27H,1H3/b21-19-. The third kappa shape index (κ3) is 3.30. The van der Waals surface area contributed by atoms with E-state index in [-0.39, 0.29) is 11.3 Å². The summed E-state index contributed by atoms with van der Waals surface area (Å²) < 4.78 is 0. The van der Waals surface area contributed by atoms with E-state index in [2.05, 4.69) is 4.98 Å². The monoisotopic (exact) mass is 404 g/mol. The van der Waals surface area contributed by atoms with Gasteiger partial charge in [-0.15, -0.1) is 0 Å². The Kier molecular flexibility index (Phi) is 4.91. The fourth-order valence-electron chi connectivity index (χ4n) is 3.56. The van der Waals surface area contributed by atoms with Crippen LogP contribution in [0.25, 0.3) is 5.76 Å². The van der Waals surface area contributed by atoms with Crippen LogP contribution in [0.4, 0.5) is 5.69 Å². The molecule has 2 aromatic carbocycles. The number of hydrogen-bond acceptors (Lipinski definition) is 4. The lowest BCUT2D eigenvalue weighted by molar-refractivity contribution is -0.132. The fraction of sp³-hybridized carbons (Fsp3) is 0.0870. The van der Waals surface area contributed by atoms with Crippen LogP contribution >= 0.6 is 11.6 Å². The molecular formula is C23H17ClN2O3. The molecule has 1 atom stereocenters. The molecule has 0 bridgehead atoms. The minimum Gasteiger partial charge on any atom is -0.507 e. The lowest BCUT2D eigenvalue weighted by Crippen LogP contribution is -2.30. The molecule has 1 saturated heterocycles. The number of ketones is 1. The van der Waals surface area contributed by atoms with Crippen LogP contribution in [0.1, 0.15) is 22.7 Å². The minimum absolute atomic E-state index is 0.00789. The summed E-state index contributed by atoms with van der Waals surface area (Å²) in [6.07, 6.45) is 3.20. The normalized spacial score (nSPS) is 18.3. The van der Waals surface area contributed by atoms with Gasteiger partial charge in [0.25, 0.3) is 11.7 Å². The average molecular weight is 405 g/mol. The number of rotatable bonds is 3. The summed E-state index contributed by atoms with van der Waals surface area (Å²) >= 11 is 6.05. The summed E-state index contributed by atoms with van der Waals surface area (Å²) in [5.74, 6) is -1.72. The van der Waals surface area contributed by atoms with Gasteiger partial charge in [0.15, 0.2) is 0 Å². The zero-order valence-corrected chi connectivity index (χ0v) is 16.3. The van der Waals surface area contributed by atoms with Crippen molar-refractivity contribution in [3.05, 3.63) is 100 Å². The number of anilines is 1. The van der Waals surface area contributed by atoms with Gasteiger partial charge in [-0.1, -0.05) is 48.0 Å². The van der Waals surface area contributed by atoms with Gasteiger partial charge in [-0.05, 0) is 42.3 Å². The van der Waals surface area contributed by atoms with Crippen molar-refractivity contribution in [2.75, 3.05) is 4.90 Å². The van der Waals surface area contributed by atoms with Crippen LogP contribution in [-0.4, -0.2) is 21.8 Å². The van der Waals surface area contributed by atoms with Crippen LogP contribution in [0.2, 0.25) is 5.02 Å². The van der Waals surface area contributed by atoms with Gasteiger partial charge in [-0.25, -0.2) is 0 Å². The zero-order chi connectivity index (χ0) is 20.5. The number of para-hydroxylation sites is 1. The molecule has 3 aromatic rings. The van der Waals surface area contributed by atoms with E-state index in [1.54, 1.807) is 60.9 Å². The summed E-state index contributed by atoms with van der Waals surface area (Å²) in [4.78, 5) is 31.6. The highest BCUT2D eigenvalue weighted by Crippen LogP contribution is 2.42. The summed E-state index contributed by atoms with van der Waals surface area (Å²) in [5, 5.41) is 11.4. The molecule has 144 valence electrons. The molecule has 6 heteroatoms. The number of hydrogen-bond donors (Lipinski definition) is 1. The molecule has 1 amide bonds. The first-order chi connectivity index (χ1) is 14.0. The van der Waals surface area contributed by atoms with Gasteiger partial charge >= 0.3 is 0 Å². The summed E-state index contributed by atoms with van der Waals surface area (Å²) in [6, 6.07) is 16.6. The largest absolute Gasteiger partial charge is 0.507 e. The number of pyridine rings is 1. The Morgan fingerprint density at radius 1 is 1.07 bits per heavy atom. The second-order valence-electron chi connectivity index (χ2n) is 6.75. The molecule has 0 spiro atoms. The zero-order valence-electron chi connectivity index (χ0n) is 15.5. The van der Waals surface area contributed by atoms with Crippen LogP contribution in [0.5, 0.6) is 0 Å². The van der Waals surface area contributed by atoms with E-state index in [1.807, 2.05) is 19.1 Å². The van der Waals surface area contributed by atoms with E-state index in [0.29, 0.717) is 21.8 Å². The number of halogens is 1. The molecule has 1 unspecified atom stereocenters. The van der Waals surface area contributed by atoms with Gasteiger partial charge in [0.05, 0.1) is 11.6 Å². The Bertz CT molecular complexity index is 1140. The van der Waals surface area contributed by atoms with Gasteiger partial charge in [0.2, 0.25) is 0 Å². The highest BCUT2D eigenvalue weighted by Gasteiger charge is 2.47. The molecular weight excluding hydrogens is 388 g/mol. The number of benzene rings is 2. The number of Topliss-reactive ketones (excluding diaryl/α,β-unsaturated/α-hetero) is 1. The Hall–Kier alpha value is -3.44. The SMILES string of the molecule is Cc1ccccc1N1C(=O)C(=O)/C(=C(\O)c2cccc(Cl)c2)C1c1cccnc1. The van der Waals surface area contributed by atoms with Gasteiger partial charge in [0.1, 0.15) is 5.76 Å². The molecule has 1 aliphatic rings. The first-order valence-corrected chi connectivity index (χ1v) is 9.39. The molecule has 4 rings (SSSR count). The fourth-order valence-corrected chi connectivity index (χ4v) is 3.75. The highest BCUT2D eigenvalue weighted by atomic mass is 35.5. The second-order valence-corrected chi connectivity index (χ2v) is 7.19. The highest BCUT2D eigenvalue weighted by molar-refractivity contribution is 6.51. The second kappa shape index (κ2) is 7.53. The predicted octanol–water partition coefficient (Wildman–Crippen LogP) is 4.67. The smallest absolute Gasteiger partial charge is 0.300 e. The molecule has 29 heavy (non-hydrogen) atoms. The lowest BCUT2D eigenvalue weighted by Gasteiger charge is -2.26. The number of amides is 1. The van der Waals surface area contributed by atoms with Crippen molar-refractivity contribution >= 4 is 34.7 Å². The molecule has 1 N–H and O–H groups in total. The summed E-state index contributed by atoms with van der Waals surface area (Å²) in [5.41, 5.74) is 2.45. The molecule has 1 aliphatic heterocycles. The van der Waals surface area contributed by atoms with Crippen molar-refractivity contribution in [2.24, 2.45) is 0 Å². The summed E-state index contributed by atoms with van der Waals surface area (Å²) in [7, 11) is 0. The van der Waals surface area contributed by atoms with E-state index in [1.165, 1.54) is 4.90 Å². The Balaban J connectivity index is 1.97. The van der Waals surface area contributed by atoms with Gasteiger partial charge in [-0.2, -0.15) is 0 Å². The molecule has 5 nitrogen and oxygen atoms in total. The quantitative estimate of drug-likeness (QED) is 0.391. The van der Waals surface area contributed by atoms with E-state index in [0.717, 1.165) is 5.56 Å². The maximum absolute atomic E-state index is 13.0. The number of aryl methyl sites for hydroxylation is 1. The minimum atomic E-state index is -0.802. The number of aliphatic hydroxyl groups excluding tert-OH is 1. The lowest BCUT2D eigenvalue weighted by atomic mass is 9.96. The maximum atomic E-state index is 13.0. The average Bonchev–Trinajstić information content (AvgIpc) is 2.99. The van der Waals surface area contributed by atoms with Gasteiger partial charge < -0.3 is 5.11 Å². The van der Waals surface area contributed by atoms with Gasteiger partial charge in [-0.3, -0.25) is 19.5 Å². The number of aromatic nitrogens is 1. The molecule has 0 radical (unpaired) electrons. The molecule has 1 aromatic heterocycles.